The van der Waals surface area contributed by atoms with E-state index in [0.29, 0.717) is 0 Å². The topological polar surface area (TPSA) is 30.9 Å². The molecule has 2 rings (SSSR count). The molecule has 2 fully saturated rings. The summed E-state index contributed by atoms with van der Waals surface area (Å²) < 4.78 is 0. The minimum Gasteiger partial charge on any atom is -0.357 e. The molecule has 4 nitrogen and oxygen atoms in total. The van der Waals surface area contributed by atoms with Crippen molar-refractivity contribution in [1.29, 1.82) is 0 Å². The number of aliphatic imine (C=N–C) groups is 1. The molecule has 2 heterocycles. The molecule has 0 aromatic carbocycles. The average Bonchev–Trinajstić information content (AvgIpc) is 3.12. The van der Waals surface area contributed by atoms with E-state index in [1.54, 1.807) is 0 Å². The molecule has 1 unspecified atom stereocenters. The summed E-state index contributed by atoms with van der Waals surface area (Å²) in [4.78, 5) is 9.94. The Kier molecular flexibility index (Phi) is 7.00. The van der Waals surface area contributed by atoms with Crippen LogP contribution in [0.2, 0.25) is 0 Å². The lowest BCUT2D eigenvalue weighted by atomic mass is 10.2. The Morgan fingerprint density at radius 1 is 1.30 bits per heavy atom. The van der Waals surface area contributed by atoms with Gasteiger partial charge in [0, 0.05) is 32.2 Å². The van der Waals surface area contributed by atoms with E-state index in [4.69, 9.17) is 4.99 Å². The van der Waals surface area contributed by atoms with Crippen LogP contribution in [0.15, 0.2) is 4.99 Å². The highest BCUT2D eigenvalue weighted by atomic mass is 32.2. The van der Waals surface area contributed by atoms with E-state index in [2.05, 4.69) is 28.3 Å². The Morgan fingerprint density at radius 2 is 2.10 bits per heavy atom. The van der Waals surface area contributed by atoms with Gasteiger partial charge in [-0.3, -0.25) is 9.89 Å². The summed E-state index contributed by atoms with van der Waals surface area (Å²) in [5.74, 6) is 2.34. The first-order chi connectivity index (χ1) is 9.85. The van der Waals surface area contributed by atoms with Crippen LogP contribution >= 0.6 is 11.8 Å². The molecule has 0 aromatic rings. The van der Waals surface area contributed by atoms with Gasteiger partial charge >= 0.3 is 0 Å². The second-order valence-corrected chi connectivity index (χ2v) is 6.70. The zero-order valence-corrected chi connectivity index (χ0v) is 13.9. The van der Waals surface area contributed by atoms with Crippen LogP contribution in [-0.2, 0) is 0 Å². The Labute approximate surface area is 128 Å². The number of rotatable bonds is 6. The summed E-state index contributed by atoms with van der Waals surface area (Å²) in [5, 5.41) is 3.46. The van der Waals surface area contributed by atoms with E-state index in [-0.39, 0.29) is 0 Å². The van der Waals surface area contributed by atoms with E-state index < -0.39 is 0 Å². The van der Waals surface area contributed by atoms with Crippen LogP contribution < -0.4 is 5.32 Å². The van der Waals surface area contributed by atoms with Crippen LogP contribution in [-0.4, -0.2) is 73.1 Å². The first kappa shape index (κ1) is 16.0. The Morgan fingerprint density at radius 3 is 2.80 bits per heavy atom. The smallest absolute Gasteiger partial charge is 0.193 e. The van der Waals surface area contributed by atoms with Gasteiger partial charge in [-0.25, -0.2) is 0 Å². The third-order valence-corrected chi connectivity index (χ3v) is 4.92. The van der Waals surface area contributed by atoms with Crippen molar-refractivity contribution in [1.82, 2.24) is 15.1 Å². The lowest BCUT2D eigenvalue weighted by molar-refractivity contribution is 0.249. The fraction of sp³-hybridized carbons (Fsp3) is 0.933. The zero-order chi connectivity index (χ0) is 14.2. The highest BCUT2D eigenvalue weighted by molar-refractivity contribution is 7.98. The second-order valence-electron chi connectivity index (χ2n) is 5.71. The molecule has 0 aromatic heterocycles. The monoisotopic (exact) mass is 298 g/mol. The van der Waals surface area contributed by atoms with Crippen LogP contribution in [0.4, 0.5) is 0 Å². The summed E-state index contributed by atoms with van der Waals surface area (Å²) in [6, 6.07) is 0.757. The van der Waals surface area contributed by atoms with Crippen LogP contribution in [0.5, 0.6) is 0 Å². The van der Waals surface area contributed by atoms with Crippen molar-refractivity contribution in [3.05, 3.63) is 0 Å². The van der Waals surface area contributed by atoms with Crippen molar-refractivity contribution < 1.29 is 0 Å². The first-order valence-corrected chi connectivity index (χ1v) is 9.50. The Bertz CT molecular complexity index is 302. The molecular formula is C15H30N4S. The van der Waals surface area contributed by atoms with Gasteiger partial charge in [-0.15, -0.1) is 0 Å². The van der Waals surface area contributed by atoms with Gasteiger partial charge in [-0.1, -0.05) is 0 Å². The molecule has 0 radical (unpaired) electrons. The van der Waals surface area contributed by atoms with E-state index in [0.717, 1.165) is 38.2 Å². The maximum absolute atomic E-state index is 4.79. The maximum Gasteiger partial charge on any atom is 0.193 e. The SMILES string of the molecule is CCNC(=NCCCSC)N1CCC(N2CCCC2)C1. The minimum absolute atomic E-state index is 0.757. The standard InChI is InChI=1S/C15H30N4S/c1-3-16-15(17-8-6-12-20-2)19-11-7-14(13-19)18-9-4-5-10-18/h14H,3-13H2,1-2H3,(H,16,17). The van der Waals surface area contributed by atoms with E-state index >= 15 is 0 Å². The highest BCUT2D eigenvalue weighted by Crippen LogP contribution is 2.20. The van der Waals surface area contributed by atoms with Gasteiger partial charge in [0.2, 0.25) is 0 Å². The molecule has 20 heavy (non-hydrogen) atoms. The maximum atomic E-state index is 4.79. The van der Waals surface area contributed by atoms with Crippen molar-refractivity contribution in [2.75, 3.05) is 51.3 Å². The molecule has 2 aliphatic rings. The second kappa shape index (κ2) is 8.78. The summed E-state index contributed by atoms with van der Waals surface area (Å²) in [6.45, 7) is 9.01. The Hall–Kier alpha value is -0.420. The van der Waals surface area contributed by atoms with Crippen molar-refractivity contribution in [3.8, 4) is 0 Å². The number of likely N-dealkylation sites (tertiary alicyclic amines) is 2. The van der Waals surface area contributed by atoms with Crippen LogP contribution in [0, 0.1) is 0 Å². The minimum atomic E-state index is 0.757. The molecule has 0 saturated carbocycles. The average molecular weight is 299 g/mol. The number of guanidine groups is 1. The van der Waals surface area contributed by atoms with Gasteiger partial charge < -0.3 is 10.2 Å². The zero-order valence-electron chi connectivity index (χ0n) is 13.1. The molecular weight excluding hydrogens is 268 g/mol. The summed E-state index contributed by atoms with van der Waals surface area (Å²) in [7, 11) is 0. The number of nitrogens with one attached hydrogen (secondary N) is 1. The van der Waals surface area contributed by atoms with Gasteiger partial charge in [0.1, 0.15) is 0 Å². The normalized spacial score (nSPS) is 24.6. The lowest BCUT2D eigenvalue weighted by Crippen LogP contribution is -2.42. The fourth-order valence-electron chi connectivity index (χ4n) is 3.16. The predicted octanol–water partition coefficient (Wildman–Crippen LogP) is 1.88. The number of thioether (sulfide) groups is 1. The molecule has 0 aliphatic carbocycles. The molecule has 5 heteroatoms. The molecule has 2 saturated heterocycles. The van der Waals surface area contributed by atoms with E-state index in [1.165, 1.54) is 44.5 Å². The Balaban J connectivity index is 1.83. The van der Waals surface area contributed by atoms with Crippen molar-refractivity contribution >= 4 is 17.7 Å². The largest absolute Gasteiger partial charge is 0.357 e. The van der Waals surface area contributed by atoms with Gasteiger partial charge in [-0.05, 0) is 57.7 Å². The van der Waals surface area contributed by atoms with Crippen molar-refractivity contribution in [2.24, 2.45) is 4.99 Å². The summed E-state index contributed by atoms with van der Waals surface area (Å²) in [6.07, 6.45) is 7.42. The quantitative estimate of drug-likeness (QED) is 0.461. The third-order valence-electron chi connectivity index (χ3n) is 4.22. The molecule has 116 valence electrons. The first-order valence-electron chi connectivity index (χ1n) is 8.11. The number of hydrogen-bond acceptors (Lipinski definition) is 3. The predicted molar refractivity (Wildman–Crippen MR) is 89.8 cm³/mol. The van der Waals surface area contributed by atoms with Crippen LogP contribution in [0.25, 0.3) is 0 Å². The summed E-state index contributed by atoms with van der Waals surface area (Å²) >= 11 is 1.91. The van der Waals surface area contributed by atoms with Crippen LogP contribution in [0.1, 0.15) is 32.6 Å². The van der Waals surface area contributed by atoms with Gasteiger partial charge in [0.25, 0.3) is 0 Å². The van der Waals surface area contributed by atoms with Gasteiger partial charge in [0.15, 0.2) is 5.96 Å². The lowest BCUT2D eigenvalue weighted by Gasteiger charge is -2.25. The van der Waals surface area contributed by atoms with Crippen molar-refractivity contribution in [3.63, 3.8) is 0 Å². The number of nitrogens with zero attached hydrogens (tertiary/aromatic N) is 3. The van der Waals surface area contributed by atoms with Gasteiger partial charge in [-0.2, -0.15) is 11.8 Å². The molecule has 0 bridgehead atoms. The molecule has 1 N–H and O–H groups in total. The van der Waals surface area contributed by atoms with E-state index in [9.17, 15) is 0 Å². The third kappa shape index (κ3) is 4.55. The molecule has 0 spiro atoms. The van der Waals surface area contributed by atoms with Crippen molar-refractivity contribution in [2.45, 2.75) is 38.6 Å². The molecule has 2 aliphatic heterocycles. The molecule has 0 amide bonds. The highest BCUT2D eigenvalue weighted by Gasteiger charge is 2.30. The summed E-state index contributed by atoms with van der Waals surface area (Å²) in [5.41, 5.74) is 0. The number of hydrogen-bond donors (Lipinski definition) is 1. The van der Waals surface area contributed by atoms with E-state index in [1.807, 2.05) is 11.8 Å². The molecule has 1 atom stereocenters. The van der Waals surface area contributed by atoms with Crippen LogP contribution in [0.3, 0.4) is 0 Å². The fourth-order valence-corrected chi connectivity index (χ4v) is 3.58. The van der Waals surface area contributed by atoms with Gasteiger partial charge in [0.05, 0.1) is 0 Å².